The van der Waals surface area contributed by atoms with Crippen LogP contribution in [0.5, 0.6) is 0 Å². The molecule has 2 heterocycles. The largest absolute Gasteiger partial charge is 0.447 e. The fourth-order valence-corrected chi connectivity index (χ4v) is 2.11. The Kier molecular flexibility index (Phi) is 3.84. The summed E-state index contributed by atoms with van der Waals surface area (Å²) in [6.45, 7) is 6.99. The molecule has 1 N–H and O–H groups in total. The third kappa shape index (κ3) is 3.50. The molecule has 0 spiro atoms. The molecule has 19 heavy (non-hydrogen) atoms. The van der Waals surface area contributed by atoms with Crippen LogP contribution in [0.2, 0.25) is 0 Å². The third-order valence-electron chi connectivity index (χ3n) is 2.96. The van der Waals surface area contributed by atoms with E-state index in [0.717, 1.165) is 0 Å². The molecule has 0 radical (unpaired) electrons. The summed E-state index contributed by atoms with van der Waals surface area (Å²) in [5, 5.41) is 2.68. The van der Waals surface area contributed by atoms with E-state index >= 15 is 0 Å². The van der Waals surface area contributed by atoms with Gasteiger partial charge in [-0.3, -0.25) is 4.90 Å². The van der Waals surface area contributed by atoms with E-state index in [-0.39, 0.29) is 24.8 Å². The van der Waals surface area contributed by atoms with Crippen molar-refractivity contribution in [1.29, 1.82) is 0 Å². The molecule has 0 aromatic heterocycles. The SMILES string of the molecule is CC(C)(C)OC(=O)N1CCOCC1C1COC(=O)N1. The Balaban J connectivity index is 2.03. The number of rotatable bonds is 1. The number of ether oxygens (including phenoxy) is 3. The standard InChI is InChI=1S/C12H20N2O5/c1-12(2,3)19-11(16)14-4-5-17-7-9(14)8-6-18-10(15)13-8/h8-9H,4-7H2,1-3H3,(H,13,15). The maximum Gasteiger partial charge on any atom is 0.410 e. The van der Waals surface area contributed by atoms with E-state index in [4.69, 9.17) is 14.2 Å². The van der Waals surface area contributed by atoms with Gasteiger partial charge in [0.05, 0.1) is 25.3 Å². The molecule has 0 aliphatic carbocycles. The van der Waals surface area contributed by atoms with Crippen LogP contribution in [0.4, 0.5) is 9.59 Å². The third-order valence-corrected chi connectivity index (χ3v) is 2.96. The van der Waals surface area contributed by atoms with Crippen molar-refractivity contribution in [3.8, 4) is 0 Å². The van der Waals surface area contributed by atoms with E-state index in [9.17, 15) is 9.59 Å². The van der Waals surface area contributed by atoms with Crippen molar-refractivity contribution in [2.45, 2.75) is 38.5 Å². The minimum Gasteiger partial charge on any atom is -0.447 e. The molecule has 7 heteroatoms. The molecule has 2 fully saturated rings. The van der Waals surface area contributed by atoms with Gasteiger partial charge in [0, 0.05) is 6.54 Å². The predicted octanol–water partition coefficient (Wildman–Crippen LogP) is 0.731. The summed E-state index contributed by atoms with van der Waals surface area (Å²) < 4.78 is 15.6. The highest BCUT2D eigenvalue weighted by molar-refractivity contribution is 5.71. The normalized spacial score (nSPS) is 27.7. The number of carbonyl (C=O) groups is 2. The van der Waals surface area contributed by atoms with Crippen LogP contribution in [-0.4, -0.2) is 61.1 Å². The summed E-state index contributed by atoms with van der Waals surface area (Å²) in [6.07, 6.45) is -0.846. The van der Waals surface area contributed by atoms with Gasteiger partial charge in [-0.25, -0.2) is 9.59 Å². The van der Waals surface area contributed by atoms with Gasteiger partial charge in [0.2, 0.25) is 0 Å². The molecule has 0 saturated carbocycles. The second kappa shape index (κ2) is 5.24. The van der Waals surface area contributed by atoms with E-state index in [1.54, 1.807) is 4.90 Å². The molecule has 0 bridgehead atoms. The number of nitrogens with one attached hydrogen (secondary N) is 1. The number of nitrogens with zero attached hydrogens (tertiary/aromatic N) is 1. The minimum atomic E-state index is -0.546. The van der Waals surface area contributed by atoms with E-state index in [2.05, 4.69) is 5.32 Å². The highest BCUT2D eigenvalue weighted by Gasteiger charge is 2.39. The maximum atomic E-state index is 12.2. The zero-order chi connectivity index (χ0) is 14.0. The van der Waals surface area contributed by atoms with Crippen LogP contribution in [0.1, 0.15) is 20.8 Å². The average molecular weight is 272 g/mol. The first-order chi connectivity index (χ1) is 8.87. The van der Waals surface area contributed by atoms with Gasteiger partial charge in [-0.05, 0) is 20.8 Å². The van der Waals surface area contributed by atoms with Crippen molar-refractivity contribution in [1.82, 2.24) is 10.2 Å². The molecule has 2 rings (SSSR count). The molecule has 0 aromatic carbocycles. The zero-order valence-electron chi connectivity index (χ0n) is 11.5. The minimum absolute atomic E-state index is 0.242. The lowest BCUT2D eigenvalue weighted by atomic mass is 10.1. The zero-order valence-corrected chi connectivity index (χ0v) is 11.5. The quantitative estimate of drug-likeness (QED) is 0.761. The first-order valence-corrected chi connectivity index (χ1v) is 6.37. The monoisotopic (exact) mass is 272 g/mol. The van der Waals surface area contributed by atoms with Crippen LogP contribution in [-0.2, 0) is 14.2 Å². The molecule has 2 saturated heterocycles. The fraction of sp³-hybridized carbons (Fsp3) is 0.833. The Bertz CT molecular complexity index is 366. The van der Waals surface area contributed by atoms with E-state index < -0.39 is 11.7 Å². The molecule has 2 atom stereocenters. The van der Waals surface area contributed by atoms with Gasteiger partial charge in [0.1, 0.15) is 12.2 Å². The number of carbonyl (C=O) groups excluding carboxylic acids is 2. The molecule has 2 unspecified atom stereocenters. The van der Waals surface area contributed by atoms with Gasteiger partial charge in [-0.2, -0.15) is 0 Å². The average Bonchev–Trinajstić information content (AvgIpc) is 2.73. The van der Waals surface area contributed by atoms with Gasteiger partial charge in [0.25, 0.3) is 0 Å². The lowest BCUT2D eigenvalue weighted by Gasteiger charge is -2.38. The maximum absolute atomic E-state index is 12.2. The predicted molar refractivity (Wildman–Crippen MR) is 65.8 cm³/mol. The first-order valence-electron chi connectivity index (χ1n) is 6.37. The second-order valence-corrected chi connectivity index (χ2v) is 5.67. The topological polar surface area (TPSA) is 77.1 Å². The van der Waals surface area contributed by atoms with Crippen LogP contribution in [0.3, 0.4) is 0 Å². The summed E-state index contributed by atoms with van der Waals surface area (Å²) in [5.41, 5.74) is -0.546. The Morgan fingerprint density at radius 1 is 1.42 bits per heavy atom. The summed E-state index contributed by atoms with van der Waals surface area (Å²) in [7, 11) is 0. The van der Waals surface area contributed by atoms with E-state index in [1.807, 2.05) is 20.8 Å². The van der Waals surface area contributed by atoms with Crippen molar-refractivity contribution in [2.24, 2.45) is 0 Å². The van der Waals surface area contributed by atoms with Crippen LogP contribution >= 0.6 is 0 Å². The van der Waals surface area contributed by atoms with Crippen molar-refractivity contribution >= 4 is 12.2 Å². The van der Waals surface area contributed by atoms with Gasteiger partial charge < -0.3 is 19.5 Å². The summed E-state index contributed by atoms with van der Waals surface area (Å²) >= 11 is 0. The molecule has 0 aromatic rings. The number of cyclic esters (lactones) is 1. The lowest BCUT2D eigenvalue weighted by Crippen LogP contribution is -2.58. The second-order valence-electron chi connectivity index (χ2n) is 5.67. The number of morpholine rings is 1. The molecule has 108 valence electrons. The van der Waals surface area contributed by atoms with Crippen molar-refractivity contribution in [3.63, 3.8) is 0 Å². The number of hydrogen-bond donors (Lipinski definition) is 1. The summed E-state index contributed by atoms with van der Waals surface area (Å²) in [5.74, 6) is 0. The number of alkyl carbamates (subject to hydrolysis) is 1. The van der Waals surface area contributed by atoms with Crippen LogP contribution in [0.25, 0.3) is 0 Å². The Hall–Kier alpha value is -1.50. The molecule has 2 aliphatic heterocycles. The number of hydrogen-bond acceptors (Lipinski definition) is 5. The lowest BCUT2D eigenvalue weighted by molar-refractivity contribution is -0.0399. The molecule has 2 aliphatic rings. The fourth-order valence-electron chi connectivity index (χ4n) is 2.11. The Morgan fingerprint density at radius 2 is 2.16 bits per heavy atom. The van der Waals surface area contributed by atoms with E-state index in [0.29, 0.717) is 19.8 Å². The molecule has 7 nitrogen and oxygen atoms in total. The van der Waals surface area contributed by atoms with E-state index in [1.165, 1.54) is 0 Å². The smallest absolute Gasteiger partial charge is 0.410 e. The van der Waals surface area contributed by atoms with Crippen LogP contribution in [0.15, 0.2) is 0 Å². The summed E-state index contributed by atoms with van der Waals surface area (Å²) in [6, 6.07) is -0.504. The van der Waals surface area contributed by atoms with Crippen molar-refractivity contribution < 1.29 is 23.8 Å². The number of amides is 2. The Labute approximate surface area is 112 Å². The van der Waals surface area contributed by atoms with Crippen LogP contribution < -0.4 is 5.32 Å². The molecular weight excluding hydrogens is 252 g/mol. The summed E-state index contributed by atoms with van der Waals surface area (Å²) in [4.78, 5) is 24.9. The van der Waals surface area contributed by atoms with Crippen molar-refractivity contribution in [3.05, 3.63) is 0 Å². The van der Waals surface area contributed by atoms with Gasteiger partial charge in [0.15, 0.2) is 0 Å². The van der Waals surface area contributed by atoms with Gasteiger partial charge in [-0.1, -0.05) is 0 Å². The van der Waals surface area contributed by atoms with Gasteiger partial charge in [-0.15, -0.1) is 0 Å². The molecular formula is C12H20N2O5. The first kappa shape index (κ1) is 13.9. The highest BCUT2D eigenvalue weighted by Crippen LogP contribution is 2.18. The highest BCUT2D eigenvalue weighted by atomic mass is 16.6. The van der Waals surface area contributed by atoms with Crippen molar-refractivity contribution in [2.75, 3.05) is 26.4 Å². The molecule has 2 amide bonds. The Morgan fingerprint density at radius 3 is 2.74 bits per heavy atom. The van der Waals surface area contributed by atoms with Crippen LogP contribution in [0, 0.1) is 0 Å². The van der Waals surface area contributed by atoms with Gasteiger partial charge >= 0.3 is 12.2 Å².